The lowest BCUT2D eigenvalue weighted by atomic mass is 9.83. The molecule has 0 aromatic heterocycles. The van der Waals surface area contributed by atoms with E-state index in [1.807, 2.05) is 11.8 Å². The summed E-state index contributed by atoms with van der Waals surface area (Å²) < 4.78 is 0. The fraction of sp³-hybridized carbons (Fsp3) is 0.556. The maximum atomic E-state index is 11.6. The first-order chi connectivity index (χ1) is 6.05. The van der Waals surface area contributed by atoms with E-state index in [9.17, 15) is 9.59 Å². The Hall–Kier alpha value is -1.32. The summed E-state index contributed by atoms with van der Waals surface area (Å²) in [4.78, 5) is 24.5. The zero-order valence-corrected chi connectivity index (χ0v) is 7.39. The molecule has 3 aliphatic heterocycles. The van der Waals surface area contributed by atoms with Gasteiger partial charge in [-0.05, 0) is 13.3 Å². The van der Waals surface area contributed by atoms with Crippen LogP contribution in [0, 0.1) is 0 Å². The van der Waals surface area contributed by atoms with Gasteiger partial charge in [0.25, 0.3) is 5.91 Å². The molecule has 1 N–H and O–H groups in total. The van der Waals surface area contributed by atoms with Gasteiger partial charge in [-0.15, -0.1) is 0 Å². The zero-order chi connectivity index (χ0) is 9.43. The van der Waals surface area contributed by atoms with Gasteiger partial charge in [0.05, 0.1) is 0 Å². The Bertz CT molecular complexity index is 376. The first kappa shape index (κ1) is 7.12. The van der Waals surface area contributed by atoms with Crippen LogP contribution >= 0.6 is 0 Å². The Labute approximate surface area is 75.6 Å². The maximum absolute atomic E-state index is 11.6. The molecule has 3 aliphatic rings. The number of hydrogen-bond acceptors (Lipinski definition) is 3. The van der Waals surface area contributed by atoms with Crippen LogP contribution < -0.4 is 5.32 Å². The Morgan fingerprint density at radius 2 is 2.15 bits per heavy atom. The van der Waals surface area contributed by atoms with Crippen molar-refractivity contribution in [1.82, 2.24) is 10.2 Å². The van der Waals surface area contributed by atoms with Gasteiger partial charge in [-0.1, -0.05) is 6.58 Å². The van der Waals surface area contributed by atoms with Crippen molar-refractivity contribution in [2.75, 3.05) is 0 Å². The summed E-state index contributed by atoms with van der Waals surface area (Å²) >= 11 is 0. The first-order valence-corrected chi connectivity index (χ1v) is 4.39. The van der Waals surface area contributed by atoms with E-state index in [0.29, 0.717) is 12.8 Å². The second kappa shape index (κ2) is 1.52. The van der Waals surface area contributed by atoms with Crippen molar-refractivity contribution in [1.29, 1.82) is 0 Å². The molecule has 0 aromatic carbocycles. The van der Waals surface area contributed by atoms with Crippen molar-refractivity contribution in [3.8, 4) is 0 Å². The van der Waals surface area contributed by atoms with Gasteiger partial charge in [0.2, 0.25) is 5.91 Å². The first-order valence-electron chi connectivity index (χ1n) is 4.39. The molecule has 4 nitrogen and oxygen atoms in total. The molecule has 0 radical (unpaired) electrons. The van der Waals surface area contributed by atoms with Crippen molar-refractivity contribution in [3.05, 3.63) is 12.3 Å². The summed E-state index contributed by atoms with van der Waals surface area (Å²) in [5.41, 5.74) is 0.493. The smallest absolute Gasteiger partial charge is 0.255 e. The molecule has 1 spiro atoms. The standard InChI is InChI=1S/C9H10N2O2/c1-5-8(2)9(11(5)8)4-3-6(12)10-7(9)13/h1,3-4H2,2H3,(H,10,12,13). The average Bonchev–Trinajstić information content (AvgIpc) is 2.82. The molecule has 13 heavy (non-hydrogen) atoms. The lowest BCUT2D eigenvalue weighted by molar-refractivity contribution is -0.136. The molecule has 4 heteroatoms. The molecule has 68 valence electrons. The number of amides is 2. The number of imide groups is 1. The van der Waals surface area contributed by atoms with E-state index < -0.39 is 5.54 Å². The summed E-state index contributed by atoms with van der Waals surface area (Å²) in [7, 11) is 0. The Morgan fingerprint density at radius 1 is 1.54 bits per heavy atom. The van der Waals surface area contributed by atoms with Crippen LogP contribution in [0.2, 0.25) is 0 Å². The zero-order valence-electron chi connectivity index (χ0n) is 7.39. The van der Waals surface area contributed by atoms with Crippen LogP contribution in [0.25, 0.3) is 0 Å². The Kier molecular flexibility index (Phi) is 0.831. The molecule has 2 atom stereocenters. The van der Waals surface area contributed by atoms with E-state index in [4.69, 9.17) is 0 Å². The van der Waals surface area contributed by atoms with Gasteiger partial charge in [-0.3, -0.25) is 14.9 Å². The monoisotopic (exact) mass is 178 g/mol. The number of piperidine rings is 1. The summed E-state index contributed by atoms with van der Waals surface area (Å²) in [6, 6.07) is 0. The molecular formula is C9H10N2O2. The van der Waals surface area contributed by atoms with Crippen molar-refractivity contribution in [2.24, 2.45) is 0 Å². The van der Waals surface area contributed by atoms with Crippen LogP contribution in [0.15, 0.2) is 12.3 Å². The predicted molar refractivity (Wildman–Crippen MR) is 44.5 cm³/mol. The second-order valence-corrected chi connectivity index (χ2v) is 4.09. The molecule has 3 heterocycles. The van der Waals surface area contributed by atoms with Crippen LogP contribution in [-0.2, 0) is 9.59 Å². The predicted octanol–water partition coefficient (Wildman–Crippen LogP) is -0.237. The van der Waals surface area contributed by atoms with E-state index in [1.165, 1.54) is 0 Å². The number of nitrogens with one attached hydrogen (secondary N) is 1. The fourth-order valence-electron chi connectivity index (χ4n) is 2.71. The molecule has 0 saturated carbocycles. The van der Waals surface area contributed by atoms with Crippen LogP contribution in [0.4, 0.5) is 0 Å². The number of carbonyl (C=O) groups excluding carboxylic acids is 2. The third-order valence-electron chi connectivity index (χ3n) is 3.71. The highest BCUT2D eigenvalue weighted by Crippen LogP contribution is 2.75. The highest BCUT2D eigenvalue weighted by molar-refractivity contribution is 6.09. The molecule has 3 rings (SSSR count). The normalized spacial score (nSPS) is 46.2. The maximum Gasteiger partial charge on any atom is 0.255 e. The molecule has 2 unspecified atom stereocenters. The van der Waals surface area contributed by atoms with E-state index in [1.54, 1.807) is 0 Å². The van der Waals surface area contributed by atoms with Gasteiger partial charge in [-0.2, -0.15) is 0 Å². The molecular weight excluding hydrogens is 168 g/mol. The van der Waals surface area contributed by atoms with Gasteiger partial charge >= 0.3 is 0 Å². The molecule has 0 aliphatic carbocycles. The van der Waals surface area contributed by atoms with Gasteiger partial charge in [0, 0.05) is 12.1 Å². The topological polar surface area (TPSA) is 49.2 Å². The molecule has 0 aromatic rings. The van der Waals surface area contributed by atoms with Crippen molar-refractivity contribution >= 4 is 11.8 Å². The highest BCUT2D eigenvalue weighted by atomic mass is 16.2. The Balaban J connectivity index is 1.93. The number of carbonyl (C=O) groups is 2. The Morgan fingerprint density at radius 3 is 2.62 bits per heavy atom. The van der Waals surface area contributed by atoms with E-state index in [-0.39, 0.29) is 17.4 Å². The van der Waals surface area contributed by atoms with Crippen molar-refractivity contribution in [2.45, 2.75) is 30.8 Å². The molecule has 2 amide bonds. The van der Waals surface area contributed by atoms with Crippen LogP contribution in [-0.4, -0.2) is 27.8 Å². The minimum Gasteiger partial charge on any atom is -0.343 e. The molecule has 3 saturated heterocycles. The number of fused-ring (bicyclic) bond motifs is 3. The number of rotatable bonds is 0. The quantitative estimate of drug-likeness (QED) is 0.411. The van der Waals surface area contributed by atoms with Crippen LogP contribution in [0.1, 0.15) is 19.8 Å². The minimum atomic E-state index is -0.405. The summed E-state index contributed by atoms with van der Waals surface area (Å²) in [6.45, 7) is 5.84. The SMILES string of the molecule is C=C1N2C1(C)C21CCC(=O)NC1=O. The van der Waals surface area contributed by atoms with Gasteiger partial charge in [0.15, 0.2) is 0 Å². The lowest BCUT2D eigenvalue weighted by Gasteiger charge is -2.26. The number of nitrogens with zero attached hydrogens (tertiary/aromatic N) is 1. The van der Waals surface area contributed by atoms with Crippen LogP contribution in [0.5, 0.6) is 0 Å². The molecule has 3 fully saturated rings. The fourth-order valence-corrected chi connectivity index (χ4v) is 2.71. The highest BCUT2D eigenvalue weighted by Gasteiger charge is 2.91. The van der Waals surface area contributed by atoms with Crippen molar-refractivity contribution in [3.63, 3.8) is 0 Å². The van der Waals surface area contributed by atoms with Gasteiger partial charge in [-0.25, -0.2) is 0 Å². The van der Waals surface area contributed by atoms with Gasteiger partial charge < -0.3 is 4.90 Å². The number of hydrogen-bond donors (Lipinski definition) is 1. The second-order valence-electron chi connectivity index (χ2n) is 4.09. The minimum absolute atomic E-state index is 0.127. The summed E-state index contributed by atoms with van der Waals surface area (Å²) in [5.74, 6) is -0.295. The van der Waals surface area contributed by atoms with Crippen LogP contribution in [0.3, 0.4) is 0 Å². The van der Waals surface area contributed by atoms with E-state index in [0.717, 1.165) is 5.70 Å². The third kappa shape index (κ3) is 0.463. The molecule has 0 bridgehead atoms. The van der Waals surface area contributed by atoms with Crippen molar-refractivity contribution < 1.29 is 9.59 Å². The van der Waals surface area contributed by atoms with E-state index in [2.05, 4.69) is 11.9 Å². The van der Waals surface area contributed by atoms with E-state index >= 15 is 0 Å². The summed E-state index contributed by atoms with van der Waals surface area (Å²) in [5, 5.41) is 2.38. The lowest BCUT2D eigenvalue weighted by Crippen LogP contribution is -2.53. The summed E-state index contributed by atoms with van der Waals surface area (Å²) in [6.07, 6.45) is 1.10. The van der Waals surface area contributed by atoms with Gasteiger partial charge in [0.1, 0.15) is 11.1 Å². The third-order valence-corrected chi connectivity index (χ3v) is 3.71. The largest absolute Gasteiger partial charge is 0.343 e. The average molecular weight is 178 g/mol.